The van der Waals surface area contributed by atoms with Crippen LogP contribution in [-0.2, 0) is 10.0 Å². The second-order valence-electron chi connectivity index (χ2n) is 5.37. The lowest BCUT2D eigenvalue weighted by atomic mass is 9.90. The second kappa shape index (κ2) is 7.05. The number of hydrogen-bond acceptors (Lipinski definition) is 3. The summed E-state index contributed by atoms with van der Waals surface area (Å²) in [5.41, 5.74) is 6.03. The Kier molecular flexibility index (Phi) is 5.60. The molecule has 7 heteroatoms. The van der Waals surface area contributed by atoms with Gasteiger partial charge in [-0.1, -0.05) is 49.1 Å². The Morgan fingerprint density at radius 3 is 2.62 bits per heavy atom. The van der Waals surface area contributed by atoms with Crippen LogP contribution in [0.1, 0.15) is 37.7 Å². The summed E-state index contributed by atoms with van der Waals surface area (Å²) in [6, 6.07) is 4.55. The van der Waals surface area contributed by atoms with E-state index in [4.69, 9.17) is 29.6 Å². The Balaban J connectivity index is 2.14. The molecule has 0 aromatic heterocycles. The molecule has 1 aliphatic rings. The Labute approximate surface area is 136 Å². The topological polar surface area (TPSA) is 72.2 Å². The molecule has 1 aromatic carbocycles. The number of sulfonamides is 1. The number of rotatable bonds is 5. The molecule has 0 heterocycles. The van der Waals surface area contributed by atoms with Gasteiger partial charge in [-0.2, -0.15) is 0 Å². The average molecular weight is 347 g/mol. The summed E-state index contributed by atoms with van der Waals surface area (Å²) in [5.74, 6) is 0.408. The largest absolute Gasteiger partial charge is 0.389 e. The number of nitrogens with one attached hydrogen (secondary N) is 1. The monoisotopic (exact) mass is 346 g/mol. The molecule has 0 unspecified atom stereocenters. The van der Waals surface area contributed by atoms with E-state index >= 15 is 0 Å². The first kappa shape index (κ1) is 16.7. The Morgan fingerprint density at radius 1 is 1.33 bits per heavy atom. The molecule has 0 atom stereocenters. The van der Waals surface area contributed by atoms with Crippen molar-refractivity contribution in [1.82, 2.24) is 4.72 Å². The molecular formula is C14H19ClN2O2S2. The molecule has 116 valence electrons. The molecule has 1 saturated carbocycles. The number of benzene rings is 1. The third-order valence-corrected chi connectivity index (χ3v) is 5.93. The van der Waals surface area contributed by atoms with E-state index in [-0.39, 0.29) is 14.9 Å². The first-order chi connectivity index (χ1) is 9.90. The highest BCUT2D eigenvalue weighted by Crippen LogP contribution is 2.25. The van der Waals surface area contributed by atoms with E-state index in [9.17, 15) is 8.42 Å². The lowest BCUT2D eigenvalue weighted by molar-refractivity contribution is 0.357. The third kappa shape index (κ3) is 4.39. The Hall–Kier alpha value is -0.690. The van der Waals surface area contributed by atoms with Gasteiger partial charge in [-0.05, 0) is 30.9 Å². The van der Waals surface area contributed by atoms with Crippen LogP contribution in [0.5, 0.6) is 0 Å². The molecule has 0 bridgehead atoms. The molecule has 3 N–H and O–H groups in total. The van der Waals surface area contributed by atoms with Crippen LogP contribution >= 0.6 is 23.8 Å². The van der Waals surface area contributed by atoms with Crippen molar-refractivity contribution in [3.8, 4) is 0 Å². The molecule has 0 radical (unpaired) electrons. The van der Waals surface area contributed by atoms with Gasteiger partial charge in [0.1, 0.15) is 9.88 Å². The fraction of sp³-hybridized carbons (Fsp3) is 0.500. The van der Waals surface area contributed by atoms with E-state index < -0.39 is 10.0 Å². The lowest BCUT2D eigenvalue weighted by Crippen LogP contribution is -2.30. The fourth-order valence-electron chi connectivity index (χ4n) is 2.56. The summed E-state index contributed by atoms with van der Waals surface area (Å²) in [5, 5.41) is 0.172. The molecule has 1 fully saturated rings. The molecule has 0 amide bonds. The molecule has 2 rings (SSSR count). The van der Waals surface area contributed by atoms with E-state index in [1.807, 2.05) is 0 Å². The van der Waals surface area contributed by atoms with E-state index in [1.54, 1.807) is 6.07 Å². The van der Waals surface area contributed by atoms with Crippen molar-refractivity contribution in [2.75, 3.05) is 6.54 Å². The normalized spacial score (nSPS) is 16.8. The van der Waals surface area contributed by atoms with Crippen LogP contribution < -0.4 is 10.5 Å². The zero-order valence-corrected chi connectivity index (χ0v) is 14.0. The van der Waals surface area contributed by atoms with Gasteiger partial charge in [0, 0.05) is 12.1 Å². The predicted molar refractivity (Wildman–Crippen MR) is 89.1 cm³/mol. The van der Waals surface area contributed by atoms with Crippen molar-refractivity contribution < 1.29 is 8.42 Å². The quantitative estimate of drug-likeness (QED) is 0.804. The van der Waals surface area contributed by atoms with Crippen molar-refractivity contribution in [2.45, 2.75) is 37.0 Å². The standard InChI is InChI=1S/C14H19ClN2O2S2/c15-12-7-6-11(14(16)20)8-13(12)21(18,19)17-9-10-4-2-1-3-5-10/h6-8,10,17H,1-5,9H2,(H2,16,20). The summed E-state index contributed by atoms with van der Waals surface area (Å²) < 4.78 is 27.4. The Morgan fingerprint density at radius 2 is 2.00 bits per heavy atom. The summed E-state index contributed by atoms with van der Waals surface area (Å²) in [6.45, 7) is 0.454. The van der Waals surface area contributed by atoms with E-state index in [2.05, 4.69) is 4.72 Å². The summed E-state index contributed by atoms with van der Waals surface area (Å²) in [6.07, 6.45) is 5.73. The molecule has 4 nitrogen and oxygen atoms in total. The van der Waals surface area contributed by atoms with Crippen LogP contribution in [0.3, 0.4) is 0 Å². The minimum atomic E-state index is -3.64. The predicted octanol–water partition coefficient (Wildman–Crippen LogP) is 2.83. The maximum Gasteiger partial charge on any atom is 0.242 e. The van der Waals surface area contributed by atoms with Crippen molar-refractivity contribution in [3.05, 3.63) is 28.8 Å². The van der Waals surface area contributed by atoms with Crippen LogP contribution in [0.25, 0.3) is 0 Å². The molecule has 0 saturated heterocycles. The van der Waals surface area contributed by atoms with Crippen LogP contribution in [0, 0.1) is 5.92 Å². The lowest BCUT2D eigenvalue weighted by Gasteiger charge is -2.21. The number of nitrogens with two attached hydrogens (primary N) is 1. The summed E-state index contributed by atoms with van der Waals surface area (Å²) in [7, 11) is -3.64. The first-order valence-electron chi connectivity index (χ1n) is 6.99. The molecular weight excluding hydrogens is 328 g/mol. The third-order valence-electron chi connectivity index (χ3n) is 3.79. The van der Waals surface area contributed by atoms with Crippen molar-refractivity contribution in [1.29, 1.82) is 0 Å². The van der Waals surface area contributed by atoms with Crippen LogP contribution in [0.2, 0.25) is 5.02 Å². The highest BCUT2D eigenvalue weighted by atomic mass is 35.5. The van der Waals surface area contributed by atoms with Crippen LogP contribution in [0.4, 0.5) is 0 Å². The maximum absolute atomic E-state index is 12.4. The zero-order chi connectivity index (χ0) is 15.5. The zero-order valence-electron chi connectivity index (χ0n) is 11.6. The molecule has 1 aliphatic carbocycles. The Bertz CT molecular complexity index is 626. The molecule has 0 aliphatic heterocycles. The van der Waals surface area contributed by atoms with Gasteiger partial charge in [0.2, 0.25) is 10.0 Å². The van der Waals surface area contributed by atoms with Gasteiger partial charge in [-0.25, -0.2) is 13.1 Å². The van der Waals surface area contributed by atoms with Gasteiger partial charge in [0.05, 0.1) is 5.02 Å². The van der Waals surface area contributed by atoms with Crippen molar-refractivity contribution in [2.24, 2.45) is 11.7 Å². The fourth-order valence-corrected chi connectivity index (χ4v) is 4.33. The average Bonchev–Trinajstić information content (AvgIpc) is 2.46. The smallest absolute Gasteiger partial charge is 0.242 e. The van der Waals surface area contributed by atoms with Gasteiger partial charge >= 0.3 is 0 Å². The van der Waals surface area contributed by atoms with Crippen molar-refractivity contribution in [3.63, 3.8) is 0 Å². The SMILES string of the molecule is NC(=S)c1ccc(Cl)c(S(=O)(=O)NCC2CCCCC2)c1. The number of hydrogen-bond donors (Lipinski definition) is 2. The molecule has 0 spiro atoms. The van der Waals surface area contributed by atoms with E-state index in [1.165, 1.54) is 31.4 Å². The first-order valence-corrected chi connectivity index (χ1v) is 9.26. The number of halogens is 1. The van der Waals surface area contributed by atoms with E-state index in [0.29, 0.717) is 18.0 Å². The van der Waals surface area contributed by atoms with Gasteiger partial charge in [0.15, 0.2) is 0 Å². The van der Waals surface area contributed by atoms with Gasteiger partial charge in [-0.15, -0.1) is 0 Å². The summed E-state index contributed by atoms with van der Waals surface area (Å²) in [4.78, 5) is 0.181. The van der Waals surface area contributed by atoms with Gasteiger partial charge < -0.3 is 5.73 Å². The van der Waals surface area contributed by atoms with E-state index in [0.717, 1.165) is 12.8 Å². The molecule has 21 heavy (non-hydrogen) atoms. The van der Waals surface area contributed by atoms with Crippen LogP contribution in [0.15, 0.2) is 23.1 Å². The van der Waals surface area contributed by atoms with Gasteiger partial charge in [-0.3, -0.25) is 0 Å². The van der Waals surface area contributed by atoms with Gasteiger partial charge in [0.25, 0.3) is 0 Å². The highest BCUT2D eigenvalue weighted by molar-refractivity contribution is 7.89. The van der Waals surface area contributed by atoms with Crippen LogP contribution in [-0.4, -0.2) is 20.0 Å². The molecule has 1 aromatic rings. The highest BCUT2D eigenvalue weighted by Gasteiger charge is 2.21. The summed E-state index contributed by atoms with van der Waals surface area (Å²) >= 11 is 10.9. The minimum Gasteiger partial charge on any atom is -0.389 e. The maximum atomic E-state index is 12.4. The second-order valence-corrected chi connectivity index (χ2v) is 7.95. The number of thiocarbonyl (C=S) groups is 1. The van der Waals surface area contributed by atoms with Crippen molar-refractivity contribution >= 4 is 38.8 Å². The minimum absolute atomic E-state index is 0.0327.